The number of hydrogen-bond donors (Lipinski definition) is 0. The van der Waals surface area contributed by atoms with Gasteiger partial charge in [-0.2, -0.15) is 0 Å². The maximum atomic E-state index is 12.2. The van der Waals surface area contributed by atoms with Crippen LogP contribution in [-0.4, -0.2) is 156 Å². The van der Waals surface area contributed by atoms with E-state index in [0.29, 0.717) is 135 Å². The quantitative estimate of drug-likeness (QED) is 0.0294. The van der Waals surface area contributed by atoms with Crippen LogP contribution < -0.4 is 22.2 Å². The molecule has 0 aliphatic rings. The van der Waals surface area contributed by atoms with E-state index in [2.05, 4.69) is 0 Å². The molecule has 4 heterocycles. The van der Waals surface area contributed by atoms with Crippen molar-refractivity contribution in [3.63, 3.8) is 0 Å². The molecule has 0 atom stereocenters. The van der Waals surface area contributed by atoms with Crippen molar-refractivity contribution in [2.24, 2.45) is 0 Å². The van der Waals surface area contributed by atoms with Gasteiger partial charge in [0.2, 0.25) is 0 Å². The molecule has 0 spiro atoms. The molecule has 0 amide bonds. The molecule has 4 rings (SSSR count). The Morgan fingerprint density at radius 2 is 0.670 bits per heavy atom. The summed E-state index contributed by atoms with van der Waals surface area (Å²) in [5, 5.41) is 0. The summed E-state index contributed by atoms with van der Waals surface area (Å²) in [6.07, 6.45) is 13.0. The monoisotopic (exact) mass is 1480 g/mol. The van der Waals surface area contributed by atoms with Gasteiger partial charge < -0.3 is 71.4 Å². The third-order valence-electron chi connectivity index (χ3n) is 15.3. The molecular weight excluding hydrogens is 1350 g/mol. The van der Waals surface area contributed by atoms with Crippen LogP contribution in [0.15, 0.2) is 92.4 Å². The molecule has 4 aromatic heterocycles. The van der Waals surface area contributed by atoms with Gasteiger partial charge in [0.25, 0.3) is 22.2 Å². The highest BCUT2D eigenvalue weighted by Crippen LogP contribution is 2.24. The predicted molar refractivity (Wildman–Crippen MR) is 399 cm³/mol. The molecule has 4 aromatic rings. The summed E-state index contributed by atoms with van der Waals surface area (Å²) in [4.78, 5) is 95.9. The fourth-order valence-electron chi connectivity index (χ4n) is 10.8. The van der Waals surface area contributed by atoms with Crippen molar-refractivity contribution in [1.82, 2.24) is 18.3 Å². The van der Waals surface area contributed by atoms with Crippen LogP contribution in [0.25, 0.3) is 0 Å². The van der Waals surface area contributed by atoms with Gasteiger partial charge in [0, 0.05) is 177 Å². The molecule has 0 aromatic carbocycles. The average Bonchev–Trinajstić information content (AvgIpc) is 0.916. The first-order chi connectivity index (χ1) is 47.9. The summed E-state index contributed by atoms with van der Waals surface area (Å²) < 4.78 is 75.6. The van der Waals surface area contributed by atoms with Crippen LogP contribution in [0.5, 0.6) is 0 Å². The zero-order valence-corrected chi connectivity index (χ0v) is 67.5. The van der Waals surface area contributed by atoms with Crippen molar-refractivity contribution < 1.29 is 72.3 Å². The molecule has 0 aliphatic carbocycles. The minimum absolute atomic E-state index is 0.0578. The number of ketones is 4. The van der Waals surface area contributed by atoms with Crippen LogP contribution in [0.2, 0.25) is 24.2 Å². The summed E-state index contributed by atoms with van der Waals surface area (Å²) >= 11 is 0. The average molecular weight is 1480 g/mol. The number of Topliss-reactive ketones (excluding diaryl/α,β-unsaturated/α-hetero) is 4. The van der Waals surface area contributed by atoms with Crippen molar-refractivity contribution in [3.05, 3.63) is 137 Å². The summed E-state index contributed by atoms with van der Waals surface area (Å²) in [5.74, 6) is 0.240. The molecule has 0 N–H and O–H groups in total. The molecule has 28 heteroatoms. The molecule has 0 saturated carbocycles. The van der Waals surface area contributed by atoms with Crippen LogP contribution in [0, 0.1) is 27.7 Å². The van der Waals surface area contributed by atoms with E-state index in [9.17, 15) is 38.4 Å². The highest BCUT2D eigenvalue weighted by molar-refractivity contribution is 6.61. The van der Waals surface area contributed by atoms with Gasteiger partial charge in [0.1, 0.15) is 0 Å². The summed E-state index contributed by atoms with van der Waals surface area (Å²) in [6.45, 7) is 37.8. The van der Waals surface area contributed by atoms with E-state index in [4.69, 9.17) is 53.1 Å². The fourth-order valence-corrected chi connectivity index (χ4v) is 21.6. The lowest BCUT2D eigenvalue weighted by Crippen LogP contribution is -2.45. The van der Waals surface area contributed by atoms with E-state index in [1.54, 1.807) is 55.8 Å². The number of aromatic nitrogens is 4. The normalized spacial score (nSPS) is 11.7. The van der Waals surface area contributed by atoms with Crippen LogP contribution in [0.3, 0.4) is 0 Å². The van der Waals surface area contributed by atoms with Gasteiger partial charge >= 0.3 is 35.2 Å². The van der Waals surface area contributed by atoms with E-state index in [0.717, 1.165) is 68.2 Å². The second kappa shape index (κ2) is 53.6. The first kappa shape index (κ1) is 92.9. The van der Waals surface area contributed by atoms with E-state index in [1.165, 1.54) is 30.4 Å². The molecule has 0 saturated heterocycles. The summed E-state index contributed by atoms with van der Waals surface area (Å²) in [7, 11) is -10.5. The van der Waals surface area contributed by atoms with Gasteiger partial charge in [0.15, 0.2) is 23.1 Å². The van der Waals surface area contributed by atoms with Crippen LogP contribution in [0.4, 0.5) is 0 Å². The zero-order chi connectivity index (χ0) is 74.8. The Kier molecular flexibility index (Phi) is 49.8. The standard InChI is InChI=1S/4C18H31NO5Si/c1-5-22-25(23-6-2,24-7-3)14-9-8-12-17(20)15-19-13-10-11-16(4)18(19)21;1-5-22-25(23-6-2,24-7-3)14-9-8-12-17(20)15-19-16(4)11-10-13-18(19)21;1-5-22-25(23-6-2,24-7-3)13-9-8-10-17(20)15-19-12-11-16(4)14-18(19)21;1-5-22-25(23-6-2,24-7-3)13-9-8-10-17(20)15-19-14-16(4)11-12-18(19)21/h2*10-11,13H,5-9,12,14-15H2,1-4H3;2*11-12,14H,5-10,13,15H2,1-4H3. The maximum Gasteiger partial charge on any atom is 0.500 e. The third-order valence-corrected chi connectivity index (χ3v) is 27.9. The highest BCUT2D eigenvalue weighted by atomic mass is 28.4. The molecule has 0 fully saturated rings. The van der Waals surface area contributed by atoms with Crippen molar-refractivity contribution in [3.8, 4) is 0 Å². The first-order valence-corrected chi connectivity index (χ1v) is 44.0. The SMILES string of the molecule is CCO[Si](CCCCC(=O)Cn1c(C)cccc1=O)(OCC)OCC.CCO[Si](CCCCC(=O)Cn1cc(C)ccc1=O)(OCC)OCC.CCO[Si](CCCCC(=O)Cn1ccc(C)cc1=O)(OCC)OCC.CCO[Si](CCCCC(=O)Cn1cccc(C)c1=O)(OCC)OCC. The second-order valence-electron chi connectivity index (χ2n) is 23.5. The smallest absolute Gasteiger partial charge is 0.374 e. The van der Waals surface area contributed by atoms with Gasteiger partial charge in [-0.15, -0.1) is 0 Å². The molecular formula is C72H124N4O20Si4. The molecule has 0 unspecified atom stereocenters. The topological polar surface area (TPSA) is 267 Å². The van der Waals surface area contributed by atoms with E-state index >= 15 is 0 Å². The maximum absolute atomic E-state index is 12.2. The number of carbonyl (C=O) groups excluding carboxylic acids is 4. The highest BCUT2D eigenvalue weighted by Gasteiger charge is 2.42. The van der Waals surface area contributed by atoms with E-state index in [1.807, 2.05) is 116 Å². The Bertz CT molecular complexity index is 3060. The number of unbranched alkanes of at least 4 members (excludes halogenated alkanes) is 4. The Morgan fingerprint density at radius 1 is 0.330 bits per heavy atom. The molecule has 0 radical (unpaired) electrons. The summed E-state index contributed by atoms with van der Waals surface area (Å²) in [6, 6.07) is 18.0. The van der Waals surface area contributed by atoms with Crippen molar-refractivity contribution in [1.29, 1.82) is 0 Å². The Labute approximate surface area is 600 Å². The molecule has 0 aliphatic heterocycles. The second-order valence-corrected chi connectivity index (χ2v) is 34.4. The van der Waals surface area contributed by atoms with E-state index < -0.39 is 35.2 Å². The number of rotatable bonds is 52. The lowest BCUT2D eigenvalue weighted by Gasteiger charge is -2.28. The first-order valence-electron chi connectivity index (χ1n) is 36.3. The number of pyridine rings is 4. The van der Waals surface area contributed by atoms with Crippen molar-refractivity contribution in [2.75, 3.05) is 79.3 Å². The van der Waals surface area contributed by atoms with Gasteiger partial charge in [-0.3, -0.25) is 38.4 Å². The van der Waals surface area contributed by atoms with E-state index in [-0.39, 0.29) is 71.5 Å². The number of nitrogens with zero attached hydrogens (tertiary/aromatic N) is 4. The lowest BCUT2D eigenvalue weighted by atomic mass is 10.2. The number of aryl methyl sites for hydroxylation is 4. The minimum Gasteiger partial charge on any atom is -0.374 e. The van der Waals surface area contributed by atoms with Crippen LogP contribution in [0.1, 0.15) is 183 Å². The Balaban J connectivity index is 0.000000667. The van der Waals surface area contributed by atoms with Gasteiger partial charge in [-0.05, 0) is 191 Å². The zero-order valence-electron chi connectivity index (χ0n) is 63.5. The lowest BCUT2D eigenvalue weighted by molar-refractivity contribution is -0.120. The Morgan fingerprint density at radius 3 is 1.01 bits per heavy atom. The number of hydrogen-bond acceptors (Lipinski definition) is 20. The van der Waals surface area contributed by atoms with Gasteiger partial charge in [0.05, 0.1) is 26.2 Å². The van der Waals surface area contributed by atoms with Crippen molar-refractivity contribution >= 4 is 58.4 Å². The number of carbonyl (C=O) groups is 4. The fraction of sp³-hybridized carbons (Fsp3) is 0.667. The molecule has 24 nitrogen and oxygen atoms in total. The van der Waals surface area contributed by atoms with Crippen molar-refractivity contribution in [2.45, 2.75) is 238 Å². The molecule has 0 bridgehead atoms. The van der Waals surface area contributed by atoms with Crippen LogP contribution in [-0.2, 0) is 98.5 Å². The van der Waals surface area contributed by atoms with Gasteiger partial charge in [-0.25, -0.2) is 0 Å². The largest absolute Gasteiger partial charge is 0.500 e. The predicted octanol–water partition coefficient (Wildman–Crippen LogP) is 11.8. The summed E-state index contributed by atoms with van der Waals surface area (Å²) in [5.41, 5.74) is 2.80. The van der Waals surface area contributed by atoms with Gasteiger partial charge in [-0.1, -0.05) is 18.2 Å². The van der Waals surface area contributed by atoms with Crippen LogP contribution >= 0.6 is 0 Å². The third kappa shape index (κ3) is 37.3. The minimum atomic E-state index is -2.63. The molecule has 100 heavy (non-hydrogen) atoms. The Hall–Kier alpha value is -5.13. The molecule has 568 valence electrons.